The van der Waals surface area contributed by atoms with Crippen LogP contribution in [0.4, 0.5) is 8.78 Å². The van der Waals surface area contributed by atoms with E-state index in [0.29, 0.717) is 16.5 Å². The molecule has 0 saturated carbocycles. The molecule has 34 heavy (non-hydrogen) atoms. The van der Waals surface area contributed by atoms with E-state index in [-0.39, 0.29) is 5.56 Å². The molecule has 0 aliphatic carbocycles. The minimum Gasteiger partial charge on any atom is -0.207 e. The monoisotopic (exact) mass is 502 g/mol. The van der Waals surface area contributed by atoms with Gasteiger partial charge in [0.25, 0.3) is 0 Å². The molecule has 0 aromatic heterocycles. The molecule has 3 aromatic rings. The Balaban J connectivity index is 2.72. The summed E-state index contributed by atoms with van der Waals surface area (Å²) in [4.78, 5) is 0. The number of rotatable bonds is 3. The number of hydrogen-bond donors (Lipinski definition) is 0. The molecule has 0 aliphatic heterocycles. The summed E-state index contributed by atoms with van der Waals surface area (Å²) in [5.74, 6) is -0.921. The fraction of sp³-hybridized carbons (Fsp3) is 0.182. The van der Waals surface area contributed by atoms with Crippen molar-refractivity contribution < 1.29 is 8.78 Å². The van der Waals surface area contributed by atoms with Crippen LogP contribution in [0.15, 0.2) is 6.07 Å². The van der Waals surface area contributed by atoms with Gasteiger partial charge in [-0.3, -0.25) is 0 Å². The summed E-state index contributed by atoms with van der Waals surface area (Å²) >= 11 is 0. The molecule has 4 atom stereocenters. The van der Waals surface area contributed by atoms with E-state index in [1.165, 1.54) is 5.56 Å². The summed E-state index contributed by atoms with van der Waals surface area (Å²) < 4.78 is 32.5. The summed E-state index contributed by atoms with van der Waals surface area (Å²) in [6.45, 7) is 5.91. The zero-order valence-corrected chi connectivity index (χ0v) is 25.5. The highest BCUT2D eigenvalue weighted by Crippen LogP contribution is 2.39. The van der Waals surface area contributed by atoms with Crippen molar-refractivity contribution in [3.8, 4) is 0 Å². The lowest BCUT2D eigenvalue weighted by molar-refractivity contribution is 0.522. The molecule has 0 heterocycles. The van der Waals surface area contributed by atoms with E-state index in [1.54, 1.807) is 22.6 Å². The van der Waals surface area contributed by atoms with Crippen LogP contribution in [0.25, 0.3) is 0 Å². The first-order valence-electron chi connectivity index (χ1n) is 11.6. The van der Waals surface area contributed by atoms with Gasteiger partial charge in [0, 0.05) is 11.0 Å². The second-order valence-corrected chi connectivity index (χ2v) is 11.7. The maximum atomic E-state index is 16.3. The lowest BCUT2D eigenvalue weighted by atomic mass is 9.59. The van der Waals surface area contributed by atoms with Crippen LogP contribution in [-0.4, -0.2) is 54.9 Å². The molecule has 0 aliphatic rings. The first kappa shape index (κ1) is 27.8. The van der Waals surface area contributed by atoms with Crippen molar-refractivity contribution in [2.45, 2.75) is 26.2 Å². The van der Waals surface area contributed by atoms with E-state index in [0.717, 1.165) is 54.4 Å². The average molecular weight is 501 g/mol. The Morgan fingerprint density at radius 1 is 0.618 bits per heavy atom. The fourth-order valence-corrected chi connectivity index (χ4v) is 6.98. The van der Waals surface area contributed by atoms with Crippen LogP contribution in [0, 0.1) is 25.5 Å². The van der Waals surface area contributed by atoms with E-state index < -0.39 is 17.0 Å². The van der Waals surface area contributed by atoms with Crippen LogP contribution in [0.3, 0.4) is 0 Å². The van der Waals surface area contributed by atoms with Crippen LogP contribution >= 0.6 is 27.7 Å². The highest BCUT2D eigenvalue weighted by molar-refractivity contribution is 7.32. The Kier molecular flexibility index (Phi) is 7.88. The van der Waals surface area contributed by atoms with Gasteiger partial charge in [0.05, 0.1) is 0 Å². The van der Waals surface area contributed by atoms with Crippen LogP contribution in [0.5, 0.6) is 0 Å². The first-order valence-corrected chi connectivity index (χ1v) is 13.3. The molecule has 0 spiro atoms. The Morgan fingerprint density at radius 2 is 1.09 bits per heavy atom. The summed E-state index contributed by atoms with van der Waals surface area (Å²) in [7, 11) is 22.5. The predicted octanol–water partition coefficient (Wildman–Crippen LogP) is -7.75. The van der Waals surface area contributed by atoms with E-state index in [4.69, 9.17) is 0 Å². The molecule has 168 valence electrons. The summed E-state index contributed by atoms with van der Waals surface area (Å²) in [6, 6.07) is 2.11. The minimum absolute atomic E-state index is 0.126. The second kappa shape index (κ2) is 9.62. The van der Waals surface area contributed by atoms with Crippen molar-refractivity contribution in [3.63, 3.8) is 0 Å². The maximum absolute atomic E-state index is 16.3. The molecule has 0 saturated heterocycles. The lowest BCUT2D eigenvalue weighted by Gasteiger charge is -2.39. The number of halogens is 2. The third-order valence-corrected chi connectivity index (χ3v) is 10.7. The Hall–Kier alpha value is -0.735. The standard InChI is InChI=1S/C22H30B7F2P3/c1-5-11(24)15(28)9(21(34)14(5)27)22(3,7-4-8(23)20(33)16(29)19(7)32)10-17(30)12(25)6(2)13(26)18(10)31/h4H,23-29,32-34H2,1-3H3. The molecule has 0 nitrogen and oxygen atoms in total. The van der Waals surface area contributed by atoms with Crippen molar-refractivity contribution in [3.05, 3.63) is 45.5 Å². The van der Waals surface area contributed by atoms with Gasteiger partial charge in [-0.15, -0.1) is 27.7 Å². The Bertz CT molecular complexity index is 1250. The zero-order valence-electron chi connectivity index (χ0n) is 22.1. The van der Waals surface area contributed by atoms with Crippen LogP contribution in [-0.2, 0) is 5.41 Å². The van der Waals surface area contributed by atoms with Crippen molar-refractivity contribution in [1.82, 2.24) is 0 Å². The fourth-order valence-electron chi connectivity index (χ4n) is 5.33. The van der Waals surface area contributed by atoms with Crippen molar-refractivity contribution in [2.75, 3.05) is 0 Å². The molecule has 3 aromatic carbocycles. The molecule has 0 bridgehead atoms. The van der Waals surface area contributed by atoms with E-state index >= 15 is 8.78 Å². The summed E-state index contributed by atoms with van der Waals surface area (Å²) in [5, 5.41) is 3.10. The molecule has 4 unspecified atom stereocenters. The molecular weight excluding hydrogens is 471 g/mol. The molecular formula is C22H30B7F2P3. The number of benzene rings is 3. The first-order chi connectivity index (χ1) is 15.6. The highest BCUT2D eigenvalue weighted by atomic mass is 31.0. The van der Waals surface area contributed by atoms with E-state index in [1.807, 2.05) is 6.92 Å². The van der Waals surface area contributed by atoms with Gasteiger partial charge in [0.15, 0.2) is 0 Å². The lowest BCUT2D eigenvalue weighted by Crippen LogP contribution is -2.53. The van der Waals surface area contributed by atoms with E-state index in [2.05, 4.69) is 79.9 Å². The van der Waals surface area contributed by atoms with Crippen LogP contribution in [0.2, 0.25) is 0 Å². The topological polar surface area (TPSA) is 0 Å². The maximum Gasteiger partial charge on any atom is 0.143 e. The predicted molar refractivity (Wildman–Crippen MR) is 180 cm³/mol. The third kappa shape index (κ3) is 3.94. The van der Waals surface area contributed by atoms with Gasteiger partial charge in [0.2, 0.25) is 0 Å². The summed E-state index contributed by atoms with van der Waals surface area (Å²) in [6.07, 6.45) is 0. The smallest absolute Gasteiger partial charge is 0.143 e. The SMILES string of the molecule is Bc1cc(C(C)(c2c(F)c(B)c(C)c(B)c2F)c2c(B)c(B)c(C)c(B)c2P)c(P)c(B)c1P. The van der Waals surface area contributed by atoms with Crippen LogP contribution in [0.1, 0.15) is 34.7 Å². The molecule has 0 fully saturated rings. The van der Waals surface area contributed by atoms with Gasteiger partial charge in [-0.2, -0.15) is 0 Å². The molecule has 12 heteroatoms. The third-order valence-electron chi connectivity index (χ3n) is 8.38. The second-order valence-electron chi connectivity index (χ2n) is 9.99. The quantitative estimate of drug-likeness (QED) is 0.190. The summed E-state index contributed by atoms with van der Waals surface area (Å²) in [5.41, 5.74) is 9.38. The molecule has 3 rings (SSSR count). The average Bonchev–Trinajstić information content (AvgIpc) is 2.79. The largest absolute Gasteiger partial charge is 0.207 e. The molecule has 0 amide bonds. The molecule has 0 radical (unpaired) electrons. The van der Waals surface area contributed by atoms with Crippen molar-refractivity contribution in [2.24, 2.45) is 0 Å². The van der Waals surface area contributed by atoms with Gasteiger partial charge in [-0.25, -0.2) is 8.78 Å². The van der Waals surface area contributed by atoms with Gasteiger partial charge in [-0.05, 0) is 47.8 Å². The normalized spacial score (nSPS) is 13.2. The Labute approximate surface area is 216 Å². The zero-order chi connectivity index (χ0) is 26.0. The van der Waals surface area contributed by atoms with Gasteiger partial charge < -0.3 is 0 Å². The van der Waals surface area contributed by atoms with Gasteiger partial charge >= 0.3 is 0 Å². The van der Waals surface area contributed by atoms with Crippen molar-refractivity contribution in [1.29, 1.82) is 0 Å². The highest BCUT2D eigenvalue weighted by Gasteiger charge is 2.42. The minimum atomic E-state index is -1.05. The van der Waals surface area contributed by atoms with E-state index in [9.17, 15) is 0 Å². The van der Waals surface area contributed by atoms with Crippen molar-refractivity contribution >= 4 is 137 Å². The molecule has 0 N–H and O–H groups in total. The van der Waals surface area contributed by atoms with Crippen LogP contribution < -0.4 is 54.2 Å². The number of hydrogen-bond acceptors (Lipinski definition) is 0. The van der Waals surface area contributed by atoms with Gasteiger partial charge in [0.1, 0.15) is 66.6 Å². The van der Waals surface area contributed by atoms with Gasteiger partial charge in [-0.1, -0.05) is 55.4 Å². The Morgan fingerprint density at radius 3 is 1.59 bits per heavy atom.